The largest absolute Gasteiger partial charge is 0.497 e. The summed E-state index contributed by atoms with van der Waals surface area (Å²) in [5, 5.41) is 7.61. The van der Waals surface area contributed by atoms with Crippen LogP contribution in [0.5, 0.6) is 5.75 Å². The maximum absolute atomic E-state index is 5.58. The van der Waals surface area contributed by atoms with E-state index in [1.165, 1.54) is 0 Å². The van der Waals surface area contributed by atoms with Crippen LogP contribution < -0.4 is 10.1 Å². The first-order valence-electron chi connectivity index (χ1n) is 7.47. The Morgan fingerprint density at radius 3 is 3.05 bits per heavy atom. The summed E-state index contributed by atoms with van der Waals surface area (Å²) >= 11 is 0. The third kappa shape index (κ3) is 2.65. The van der Waals surface area contributed by atoms with Crippen molar-refractivity contribution in [2.75, 3.05) is 20.2 Å². The first kappa shape index (κ1) is 14.1. The molecule has 1 atom stereocenters. The van der Waals surface area contributed by atoms with Crippen molar-refractivity contribution in [3.8, 4) is 17.1 Å². The minimum Gasteiger partial charge on any atom is -0.497 e. The zero-order valence-electron chi connectivity index (χ0n) is 12.6. The minimum atomic E-state index is -0.0254. The lowest BCUT2D eigenvalue weighted by Gasteiger charge is -2.33. The number of piperidine rings is 1. The lowest BCUT2D eigenvalue weighted by atomic mass is 9.78. The Morgan fingerprint density at radius 2 is 2.33 bits per heavy atom. The molecule has 0 saturated carbocycles. The van der Waals surface area contributed by atoms with E-state index in [2.05, 4.69) is 22.4 Å². The van der Waals surface area contributed by atoms with Crippen LogP contribution in [-0.2, 0) is 5.41 Å². The van der Waals surface area contributed by atoms with Crippen LogP contribution in [0.1, 0.15) is 32.1 Å². The summed E-state index contributed by atoms with van der Waals surface area (Å²) in [5.74, 6) is 2.17. The van der Waals surface area contributed by atoms with Gasteiger partial charge >= 0.3 is 0 Å². The molecule has 3 rings (SSSR count). The van der Waals surface area contributed by atoms with Gasteiger partial charge in [-0.25, -0.2) is 0 Å². The third-order valence-electron chi connectivity index (χ3n) is 4.36. The standard InChI is InChI=1S/C16H21N3O2/c1-3-16(8-5-9-17-11-16)15-18-14(19-21-15)12-6-4-7-13(10-12)20-2/h4,6-7,10,17H,3,5,8-9,11H2,1-2H3. The van der Waals surface area contributed by atoms with E-state index in [1.807, 2.05) is 24.3 Å². The second-order valence-corrected chi connectivity index (χ2v) is 5.57. The first-order valence-corrected chi connectivity index (χ1v) is 7.47. The van der Waals surface area contributed by atoms with Crippen molar-refractivity contribution < 1.29 is 9.26 Å². The summed E-state index contributed by atoms with van der Waals surface area (Å²) < 4.78 is 10.8. The smallest absolute Gasteiger partial charge is 0.234 e. The van der Waals surface area contributed by atoms with Crippen molar-refractivity contribution in [2.24, 2.45) is 0 Å². The van der Waals surface area contributed by atoms with Gasteiger partial charge in [0.25, 0.3) is 0 Å². The molecule has 1 unspecified atom stereocenters. The Bertz CT molecular complexity index is 603. The van der Waals surface area contributed by atoms with Gasteiger partial charge in [-0.2, -0.15) is 4.98 Å². The van der Waals surface area contributed by atoms with Crippen LogP contribution in [0.25, 0.3) is 11.4 Å². The number of nitrogens with zero attached hydrogens (tertiary/aromatic N) is 2. The summed E-state index contributed by atoms with van der Waals surface area (Å²) in [7, 11) is 1.65. The number of hydrogen-bond donors (Lipinski definition) is 1. The van der Waals surface area contributed by atoms with Crippen molar-refractivity contribution >= 4 is 0 Å². The van der Waals surface area contributed by atoms with Crippen LogP contribution >= 0.6 is 0 Å². The molecular formula is C16H21N3O2. The Kier molecular flexibility index (Phi) is 3.92. The van der Waals surface area contributed by atoms with Gasteiger partial charge in [-0.05, 0) is 37.9 Å². The van der Waals surface area contributed by atoms with Crippen molar-refractivity contribution in [1.82, 2.24) is 15.5 Å². The molecule has 0 spiro atoms. The molecule has 1 aliphatic rings. The highest BCUT2D eigenvalue weighted by Crippen LogP contribution is 2.34. The SMILES string of the molecule is CCC1(c2nc(-c3cccc(OC)c3)no2)CCCNC1. The van der Waals surface area contributed by atoms with Gasteiger partial charge in [0.15, 0.2) is 0 Å². The van der Waals surface area contributed by atoms with Gasteiger partial charge in [-0.15, -0.1) is 0 Å². The molecule has 1 aliphatic heterocycles. The van der Waals surface area contributed by atoms with E-state index in [1.54, 1.807) is 7.11 Å². The zero-order chi connectivity index (χ0) is 14.7. The molecular weight excluding hydrogens is 266 g/mol. The molecule has 1 N–H and O–H groups in total. The average Bonchev–Trinajstić information content (AvgIpc) is 3.06. The summed E-state index contributed by atoms with van der Waals surface area (Å²) in [4.78, 5) is 4.65. The van der Waals surface area contributed by atoms with Crippen LogP contribution in [0.4, 0.5) is 0 Å². The van der Waals surface area contributed by atoms with Gasteiger partial charge in [0.1, 0.15) is 5.75 Å². The summed E-state index contributed by atoms with van der Waals surface area (Å²) in [5.41, 5.74) is 0.891. The molecule has 5 nitrogen and oxygen atoms in total. The van der Waals surface area contributed by atoms with E-state index >= 15 is 0 Å². The fourth-order valence-corrected chi connectivity index (χ4v) is 2.92. The second kappa shape index (κ2) is 5.85. The monoisotopic (exact) mass is 287 g/mol. The highest BCUT2D eigenvalue weighted by atomic mass is 16.5. The van der Waals surface area contributed by atoms with Crippen LogP contribution in [0.15, 0.2) is 28.8 Å². The van der Waals surface area contributed by atoms with Gasteiger partial charge in [0.05, 0.1) is 12.5 Å². The third-order valence-corrected chi connectivity index (χ3v) is 4.36. The molecule has 5 heteroatoms. The highest BCUT2D eigenvalue weighted by Gasteiger charge is 2.37. The Hall–Kier alpha value is -1.88. The fourth-order valence-electron chi connectivity index (χ4n) is 2.92. The summed E-state index contributed by atoms with van der Waals surface area (Å²) in [6.07, 6.45) is 3.24. The van der Waals surface area contributed by atoms with Crippen LogP contribution in [0.3, 0.4) is 0 Å². The molecule has 0 amide bonds. The molecule has 0 bridgehead atoms. The molecule has 21 heavy (non-hydrogen) atoms. The summed E-state index contributed by atoms with van der Waals surface area (Å²) in [6.45, 7) is 4.16. The Morgan fingerprint density at radius 1 is 1.43 bits per heavy atom. The number of rotatable bonds is 4. The van der Waals surface area contributed by atoms with Crippen molar-refractivity contribution in [1.29, 1.82) is 0 Å². The van der Waals surface area contributed by atoms with E-state index in [4.69, 9.17) is 9.26 Å². The molecule has 1 aromatic carbocycles. The zero-order valence-corrected chi connectivity index (χ0v) is 12.6. The Labute approximate surface area is 124 Å². The van der Waals surface area contributed by atoms with Gasteiger partial charge in [0.2, 0.25) is 11.7 Å². The van der Waals surface area contributed by atoms with Gasteiger partial charge < -0.3 is 14.6 Å². The van der Waals surface area contributed by atoms with Crippen LogP contribution in [0, 0.1) is 0 Å². The highest BCUT2D eigenvalue weighted by molar-refractivity contribution is 5.56. The maximum Gasteiger partial charge on any atom is 0.234 e. The lowest BCUT2D eigenvalue weighted by Crippen LogP contribution is -2.43. The normalized spacial score (nSPS) is 22.2. The molecule has 2 heterocycles. The van der Waals surface area contributed by atoms with E-state index in [-0.39, 0.29) is 5.41 Å². The van der Waals surface area contributed by atoms with E-state index < -0.39 is 0 Å². The number of methoxy groups -OCH3 is 1. The van der Waals surface area contributed by atoms with Crippen LogP contribution in [-0.4, -0.2) is 30.3 Å². The topological polar surface area (TPSA) is 60.2 Å². The number of nitrogens with one attached hydrogen (secondary N) is 1. The average molecular weight is 287 g/mol. The summed E-state index contributed by atoms with van der Waals surface area (Å²) in [6, 6.07) is 7.73. The molecule has 112 valence electrons. The number of aromatic nitrogens is 2. The van der Waals surface area contributed by atoms with Crippen molar-refractivity contribution in [2.45, 2.75) is 31.6 Å². The minimum absolute atomic E-state index is 0.0254. The molecule has 0 radical (unpaired) electrons. The van der Waals surface area contributed by atoms with E-state index in [0.29, 0.717) is 5.82 Å². The molecule has 2 aromatic rings. The molecule has 1 saturated heterocycles. The number of hydrogen-bond acceptors (Lipinski definition) is 5. The van der Waals surface area contributed by atoms with Gasteiger partial charge in [0, 0.05) is 12.1 Å². The Balaban J connectivity index is 1.91. The van der Waals surface area contributed by atoms with Gasteiger partial charge in [-0.3, -0.25) is 0 Å². The molecule has 0 aliphatic carbocycles. The number of ether oxygens (including phenoxy) is 1. The quantitative estimate of drug-likeness (QED) is 0.937. The lowest BCUT2D eigenvalue weighted by molar-refractivity contribution is 0.221. The second-order valence-electron chi connectivity index (χ2n) is 5.57. The molecule has 1 aromatic heterocycles. The van der Waals surface area contributed by atoms with Crippen molar-refractivity contribution in [3.05, 3.63) is 30.2 Å². The predicted molar refractivity (Wildman–Crippen MR) is 80.4 cm³/mol. The first-order chi connectivity index (χ1) is 10.3. The predicted octanol–water partition coefficient (Wildman–Crippen LogP) is 2.78. The van der Waals surface area contributed by atoms with E-state index in [9.17, 15) is 0 Å². The fraction of sp³-hybridized carbons (Fsp3) is 0.500. The van der Waals surface area contributed by atoms with E-state index in [0.717, 1.165) is 49.6 Å². The van der Waals surface area contributed by atoms with Crippen LogP contribution in [0.2, 0.25) is 0 Å². The van der Waals surface area contributed by atoms with Gasteiger partial charge in [-0.1, -0.05) is 24.2 Å². The number of benzene rings is 1. The maximum atomic E-state index is 5.58. The molecule has 1 fully saturated rings. The van der Waals surface area contributed by atoms with Crippen molar-refractivity contribution in [3.63, 3.8) is 0 Å².